The van der Waals surface area contributed by atoms with Gasteiger partial charge in [-0.3, -0.25) is 8.89 Å². The Hall–Kier alpha value is -1.17. The minimum atomic E-state index is -1.00. The maximum absolute atomic E-state index is 11.5. The molecule has 0 aliphatic rings. The van der Waals surface area contributed by atoms with Crippen molar-refractivity contribution >= 4 is 16.8 Å². The van der Waals surface area contributed by atoms with Crippen molar-refractivity contribution in [2.75, 3.05) is 12.9 Å². The third kappa shape index (κ3) is 2.89. The zero-order chi connectivity index (χ0) is 11.4. The van der Waals surface area contributed by atoms with Crippen LogP contribution in [0.5, 0.6) is 0 Å². The maximum atomic E-state index is 11.5. The van der Waals surface area contributed by atoms with Crippen LogP contribution in [0.3, 0.4) is 0 Å². The fourth-order valence-corrected chi connectivity index (χ4v) is 1.93. The maximum Gasteiger partial charge on any atom is 0.341 e. The minimum Gasteiger partial charge on any atom is -0.462 e. The molecule has 6 heteroatoms. The van der Waals surface area contributed by atoms with Crippen molar-refractivity contribution in [3.8, 4) is 0 Å². The van der Waals surface area contributed by atoms with Gasteiger partial charge in [-0.15, -0.1) is 0 Å². The lowest BCUT2D eigenvalue weighted by molar-refractivity contribution is 0.0525. The summed E-state index contributed by atoms with van der Waals surface area (Å²) < 4.78 is 17.5. The average Bonchev–Trinajstić information content (AvgIpc) is 2.48. The number of rotatable bonds is 4. The Morgan fingerprint density at radius 1 is 1.67 bits per heavy atom. The van der Waals surface area contributed by atoms with Crippen LogP contribution in [0.15, 0.2) is 6.20 Å². The van der Waals surface area contributed by atoms with Crippen LogP contribution >= 0.6 is 0 Å². The number of aryl methyl sites for hydroxylation is 1. The van der Waals surface area contributed by atoms with Gasteiger partial charge < -0.3 is 4.74 Å². The van der Waals surface area contributed by atoms with E-state index in [1.165, 1.54) is 6.20 Å². The minimum absolute atomic E-state index is 0.310. The summed E-state index contributed by atoms with van der Waals surface area (Å²) in [6.45, 7) is 2.06. The van der Waals surface area contributed by atoms with E-state index >= 15 is 0 Å². The van der Waals surface area contributed by atoms with E-state index in [2.05, 4.69) is 5.10 Å². The normalized spacial score (nSPS) is 12.5. The molecule has 84 valence electrons. The van der Waals surface area contributed by atoms with Crippen molar-refractivity contribution in [1.82, 2.24) is 9.78 Å². The van der Waals surface area contributed by atoms with Crippen LogP contribution in [0.4, 0.5) is 0 Å². The van der Waals surface area contributed by atoms with Crippen LogP contribution in [-0.4, -0.2) is 32.8 Å². The van der Waals surface area contributed by atoms with Crippen LogP contribution in [0.2, 0.25) is 0 Å². The molecular weight excluding hydrogens is 216 g/mol. The Morgan fingerprint density at radius 3 is 2.87 bits per heavy atom. The number of nitrogens with zero attached hydrogens (tertiary/aromatic N) is 2. The molecular formula is C9H14N2O3S. The number of ether oxygens (including phenoxy) is 1. The van der Waals surface area contributed by atoms with E-state index in [0.29, 0.717) is 23.6 Å². The van der Waals surface area contributed by atoms with Crippen LogP contribution < -0.4 is 0 Å². The van der Waals surface area contributed by atoms with Gasteiger partial charge in [-0.2, -0.15) is 5.10 Å². The molecule has 0 spiro atoms. The second-order valence-electron chi connectivity index (χ2n) is 3.07. The van der Waals surface area contributed by atoms with E-state index in [-0.39, 0.29) is 0 Å². The lowest BCUT2D eigenvalue weighted by Crippen LogP contribution is -2.10. The fraction of sp³-hybridized carbons (Fsp3) is 0.556. The van der Waals surface area contributed by atoms with Gasteiger partial charge in [0, 0.05) is 24.1 Å². The highest BCUT2D eigenvalue weighted by atomic mass is 32.2. The number of hydrogen-bond donors (Lipinski definition) is 0. The number of esters is 1. The first-order chi connectivity index (χ1) is 7.06. The largest absolute Gasteiger partial charge is 0.462 e. The monoisotopic (exact) mass is 230 g/mol. The molecule has 1 heterocycles. The molecule has 1 aromatic rings. The van der Waals surface area contributed by atoms with Crippen LogP contribution in [0.1, 0.15) is 23.0 Å². The van der Waals surface area contributed by atoms with Gasteiger partial charge in [-0.25, -0.2) is 4.79 Å². The number of carbonyl (C=O) groups excluding carboxylic acids is 1. The highest BCUT2D eigenvalue weighted by Gasteiger charge is 2.17. The molecule has 0 N–H and O–H groups in total. The van der Waals surface area contributed by atoms with Crippen molar-refractivity contribution in [2.24, 2.45) is 7.05 Å². The summed E-state index contributed by atoms with van der Waals surface area (Å²) in [6, 6.07) is 0. The van der Waals surface area contributed by atoms with Gasteiger partial charge in [0.15, 0.2) is 0 Å². The molecule has 0 fully saturated rings. The molecule has 0 saturated carbocycles. The topological polar surface area (TPSA) is 61.2 Å². The fourth-order valence-electron chi connectivity index (χ4n) is 1.21. The molecule has 15 heavy (non-hydrogen) atoms. The zero-order valence-corrected chi connectivity index (χ0v) is 9.84. The molecule has 0 aromatic carbocycles. The predicted molar refractivity (Wildman–Crippen MR) is 56.9 cm³/mol. The van der Waals surface area contributed by atoms with Gasteiger partial charge in [0.2, 0.25) is 0 Å². The summed E-state index contributed by atoms with van der Waals surface area (Å²) in [7, 11) is 0.709. The number of aromatic nitrogens is 2. The van der Waals surface area contributed by atoms with E-state index in [4.69, 9.17) is 4.74 Å². The molecule has 0 saturated heterocycles. The third-order valence-corrected chi connectivity index (χ3v) is 2.58. The van der Waals surface area contributed by atoms with Gasteiger partial charge in [0.05, 0.1) is 24.3 Å². The zero-order valence-electron chi connectivity index (χ0n) is 9.02. The SMILES string of the molecule is CCOC(=O)c1cnn(C)c1CS(C)=O. The lowest BCUT2D eigenvalue weighted by Gasteiger charge is -2.03. The van der Waals surface area contributed by atoms with E-state index in [9.17, 15) is 9.00 Å². The van der Waals surface area contributed by atoms with Gasteiger partial charge in [0.25, 0.3) is 0 Å². The quantitative estimate of drug-likeness (QED) is 0.706. The molecule has 1 atom stereocenters. The third-order valence-electron chi connectivity index (χ3n) is 1.90. The molecule has 0 bridgehead atoms. The Labute approximate surface area is 90.9 Å². The first-order valence-corrected chi connectivity index (χ1v) is 6.27. The standard InChI is InChI=1S/C9H14N2O3S/c1-4-14-9(12)7-5-10-11(2)8(7)6-15(3)13/h5H,4,6H2,1-3H3. The first kappa shape index (κ1) is 11.9. The van der Waals surface area contributed by atoms with Crippen molar-refractivity contribution in [1.29, 1.82) is 0 Å². The predicted octanol–water partition coefficient (Wildman–Crippen LogP) is 0.475. The summed E-state index contributed by atoms with van der Waals surface area (Å²) in [4.78, 5) is 11.5. The first-order valence-electron chi connectivity index (χ1n) is 4.54. The van der Waals surface area contributed by atoms with Crippen LogP contribution in [0.25, 0.3) is 0 Å². The molecule has 1 unspecified atom stereocenters. The van der Waals surface area contributed by atoms with Crippen molar-refractivity contribution in [3.63, 3.8) is 0 Å². The van der Waals surface area contributed by atoms with E-state index in [1.807, 2.05) is 0 Å². The molecule has 0 radical (unpaired) electrons. The smallest absolute Gasteiger partial charge is 0.341 e. The Kier molecular flexibility index (Phi) is 4.02. The second kappa shape index (κ2) is 5.06. The summed E-state index contributed by atoms with van der Waals surface area (Å²) in [5, 5.41) is 3.95. The van der Waals surface area contributed by atoms with E-state index in [0.717, 1.165) is 0 Å². The second-order valence-corrected chi connectivity index (χ2v) is 4.50. The number of hydrogen-bond acceptors (Lipinski definition) is 4. The number of carbonyl (C=O) groups is 1. The molecule has 5 nitrogen and oxygen atoms in total. The van der Waals surface area contributed by atoms with Crippen molar-refractivity contribution in [2.45, 2.75) is 12.7 Å². The van der Waals surface area contributed by atoms with Crippen molar-refractivity contribution < 1.29 is 13.7 Å². The van der Waals surface area contributed by atoms with Crippen LogP contribution in [0, 0.1) is 0 Å². The highest BCUT2D eigenvalue weighted by Crippen LogP contribution is 2.11. The Balaban J connectivity index is 2.97. The summed E-state index contributed by atoms with van der Waals surface area (Å²) in [5.74, 6) is -0.101. The van der Waals surface area contributed by atoms with Crippen molar-refractivity contribution in [3.05, 3.63) is 17.5 Å². The van der Waals surface area contributed by atoms with Gasteiger partial charge >= 0.3 is 5.97 Å². The lowest BCUT2D eigenvalue weighted by atomic mass is 10.3. The summed E-state index contributed by atoms with van der Waals surface area (Å²) in [5.41, 5.74) is 1.05. The summed E-state index contributed by atoms with van der Waals surface area (Å²) in [6.07, 6.45) is 3.03. The molecule has 0 aliphatic heterocycles. The molecule has 0 amide bonds. The molecule has 0 aliphatic carbocycles. The van der Waals surface area contributed by atoms with E-state index in [1.54, 1.807) is 24.9 Å². The van der Waals surface area contributed by atoms with Gasteiger partial charge in [-0.1, -0.05) is 0 Å². The van der Waals surface area contributed by atoms with Gasteiger partial charge in [0.1, 0.15) is 5.56 Å². The van der Waals surface area contributed by atoms with Gasteiger partial charge in [-0.05, 0) is 6.92 Å². The molecule has 1 aromatic heterocycles. The summed E-state index contributed by atoms with van der Waals surface area (Å²) >= 11 is 0. The van der Waals surface area contributed by atoms with Crippen LogP contribution in [-0.2, 0) is 28.3 Å². The average molecular weight is 230 g/mol. The van der Waals surface area contributed by atoms with E-state index < -0.39 is 16.8 Å². The Bertz CT molecular complexity index is 387. The highest BCUT2D eigenvalue weighted by molar-refractivity contribution is 7.83. The molecule has 1 rings (SSSR count). The Morgan fingerprint density at radius 2 is 2.33 bits per heavy atom.